The minimum atomic E-state index is -3.52. The van der Waals surface area contributed by atoms with Crippen molar-refractivity contribution in [3.8, 4) is 5.75 Å². The summed E-state index contributed by atoms with van der Waals surface area (Å²) < 4.78 is 31.3. The lowest BCUT2D eigenvalue weighted by molar-refractivity contribution is -0.139. The number of hydrogen-bond acceptors (Lipinski definition) is 4. The van der Waals surface area contributed by atoms with E-state index < -0.39 is 22.6 Å². The van der Waals surface area contributed by atoms with Crippen molar-refractivity contribution in [1.29, 1.82) is 0 Å². The first-order valence-electron chi connectivity index (χ1n) is 7.34. The molecule has 0 heterocycles. The average Bonchev–Trinajstić information content (AvgIpc) is 2.59. The fraction of sp³-hybridized carbons (Fsp3) is 0.235. The Balaban J connectivity index is 2.00. The number of sulfonamides is 1. The average molecular weight is 349 g/mol. The highest BCUT2D eigenvalue weighted by Crippen LogP contribution is 2.17. The van der Waals surface area contributed by atoms with Crippen LogP contribution in [0.3, 0.4) is 0 Å². The number of carboxylic acids is 1. The summed E-state index contributed by atoms with van der Waals surface area (Å²) in [6, 6.07) is 15.2. The van der Waals surface area contributed by atoms with Crippen molar-refractivity contribution in [2.24, 2.45) is 0 Å². The number of likely N-dealkylation sites (N-methyl/N-ethyl adjacent to an activating group) is 1. The normalized spacial score (nSPS) is 11.4. The Bertz CT molecular complexity index is 790. The summed E-state index contributed by atoms with van der Waals surface area (Å²) in [4.78, 5) is 10.8. The number of carbonyl (C=O) groups is 1. The van der Waals surface area contributed by atoms with E-state index in [-0.39, 0.29) is 4.90 Å². The smallest absolute Gasteiger partial charge is 0.341 e. The zero-order valence-corrected chi connectivity index (χ0v) is 14.1. The molecule has 2 aromatic rings. The van der Waals surface area contributed by atoms with E-state index in [4.69, 9.17) is 9.84 Å². The van der Waals surface area contributed by atoms with Crippen LogP contribution in [0.25, 0.3) is 0 Å². The number of nitrogens with zero attached hydrogens (tertiary/aromatic N) is 1. The van der Waals surface area contributed by atoms with E-state index in [9.17, 15) is 13.2 Å². The first-order valence-corrected chi connectivity index (χ1v) is 8.78. The van der Waals surface area contributed by atoms with E-state index in [2.05, 4.69) is 0 Å². The van der Waals surface area contributed by atoms with Crippen LogP contribution in [0.4, 0.5) is 0 Å². The third-order valence-electron chi connectivity index (χ3n) is 3.43. The van der Waals surface area contributed by atoms with Gasteiger partial charge >= 0.3 is 5.97 Å². The van der Waals surface area contributed by atoms with Crippen LogP contribution < -0.4 is 4.74 Å². The molecule has 0 aliphatic carbocycles. The molecule has 2 aromatic carbocycles. The van der Waals surface area contributed by atoms with Crippen molar-refractivity contribution in [2.45, 2.75) is 11.3 Å². The van der Waals surface area contributed by atoms with E-state index in [0.29, 0.717) is 18.7 Å². The van der Waals surface area contributed by atoms with Gasteiger partial charge in [0.15, 0.2) is 6.61 Å². The largest absolute Gasteiger partial charge is 0.482 e. The number of carboxylic acid groups (broad SMARTS) is 1. The molecule has 2 rings (SSSR count). The highest BCUT2D eigenvalue weighted by molar-refractivity contribution is 7.89. The van der Waals surface area contributed by atoms with Crippen molar-refractivity contribution in [2.75, 3.05) is 20.2 Å². The number of hydrogen-bond donors (Lipinski definition) is 1. The molecular weight excluding hydrogens is 330 g/mol. The van der Waals surface area contributed by atoms with Gasteiger partial charge < -0.3 is 9.84 Å². The molecule has 0 saturated heterocycles. The van der Waals surface area contributed by atoms with Gasteiger partial charge in [-0.3, -0.25) is 0 Å². The van der Waals surface area contributed by atoms with Crippen LogP contribution in [-0.4, -0.2) is 44.0 Å². The Labute approximate surface area is 141 Å². The third-order valence-corrected chi connectivity index (χ3v) is 5.30. The zero-order valence-electron chi connectivity index (χ0n) is 13.3. The molecule has 0 aliphatic rings. The first kappa shape index (κ1) is 18.0. The SMILES string of the molecule is CN(CCc1cccc(OCC(=O)O)c1)S(=O)(=O)c1ccccc1. The second kappa shape index (κ2) is 7.94. The van der Waals surface area contributed by atoms with Gasteiger partial charge in [-0.2, -0.15) is 0 Å². The van der Waals surface area contributed by atoms with Gasteiger partial charge in [0.1, 0.15) is 5.75 Å². The second-order valence-corrected chi connectivity index (χ2v) is 7.26. The second-order valence-electron chi connectivity index (χ2n) is 5.22. The number of rotatable bonds is 8. The molecular formula is C17H19NO5S. The molecule has 0 bridgehead atoms. The van der Waals surface area contributed by atoms with Crippen molar-refractivity contribution < 1.29 is 23.1 Å². The predicted molar refractivity (Wildman–Crippen MR) is 89.5 cm³/mol. The highest BCUT2D eigenvalue weighted by atomic mass is 32.2. The molecule has 0 amide bonds. The minimum Gasteiger partial charge on any atom is -0.482 e. The lowest BCUT2D eigenvalue weighted by Gasteiger charge is -2.17. The van der Waals surface area contributed by atoms with Crippen LogP contribution in [-0.2, 0) is 21.2 Å². The monoisotopic (exact) mass is 349 g/mol. The quantitative estimate of drug-likeness (QED) is 0.788. The molecule has 0 unspecified atom stereocenters. The summed E-state index contributed by atoms with van der Waals surface area (Å²) in [6.07, 6.45) is 0.493. The summed E-state index contributed by atoms with van der Waals surface area (Å²) in [5.41, 5.74) is 0.869. The fourth-order valence-electron chi connectivity index (χ4n) is 2.11. The van der Waals surface area contributed by atoms with Crippen LogP contribution >= 0.6 is 0 Å². The first-order chi connectivity index (χ1) is 11.4. The standard InChI is InChI=1S/C17H19NO5S/c1-18(24(21,22)16-8-3-2-4-9-16)11-10-14-6-5-7-15(12-14)23-13-17(19)20/h2-9,12H,10-11,13H2,1H3,(H,19,20). The number of benzene rings is 2. The maximum absolute atomic E-state index is 12.4. The predicted octanol–water partition coefficient (Wildman–Crippen LogP) is 2.01. The molecule has 0 radical (unpaired) electrons. The topological polar surface area (TPSA) is 83.9 Å². The van der Waals surface area contributed by atoms with Gasteiger partial charge in [0.05, 0.1) is 4.90 Å². The van der Waals surface area contributed by atoms with E-state index in [0.717, 1.165) is 5.56 Å². The molecule has 128 valence electrons. The number of aliphatic carboxylic acids is 1. The lowest BCUT2D eigenvalue weighted by Crippen LogP contribution is -2.29. The Hall–Kier alpha value is -2.38. The Kier molecular flexibility index (Phi) is 5.94. The summed E-state index contributed by atoms with van der Waals surface area (Å²) in [6.45, 7) is -0.106. The molecule has 0 fully saturated rings. The van der Waals surface area contributed by atoms with E-state index >= 15 is 0 Å². The van der Waals surface area contributed by atoms with Crippen LogP contribution in [0.1, 0.15) is 5.56 Å². The van der Waals surface area contributed by atoms with Gasteiger partial charge in [-0.05, 0) is 36.2 Å². The minimum absolute atomic E-state index is 0.256. The maximum Gasteiger partial charge on any atom is 0.341 e. The molecule has 24 heavy (non-hydrogen) atoms. The molecule has 0 saturated carbocycles. The van der Waals surface area contributed by atoms with E-state index in [1.165, 1.54) is 11.4 Å². The molecule has 7 heteroatoms. The van der Waals surface area contributed by atoms with Crippen LogP contribution in [0.5, 0.6) is 5.75 Å². The summed E-state index contributed by atoms with van der Waals surface area (Å²) in [5.74, 6) is -0.599. The fourth-order valence-corrected chi connectivity index (χ4v) is 3.31. The van der Waals surface area contributed by atoms with Crippen LogP contribution in [0.2, 0.25) is 0 Å². The molecule has 0 spiro atoms. The van der Waals surface area contributed by atoms with Gasteiger partial charge in [0.25, 0.3) is 0 Å². The summed E-state index contributed by atoms with van der Waals surface area (Å²) in [7, 11) is -1.98. The summed E-state index contributed by atoms with van der Waals surface area (Å²) in [5, 5.41) is 8.62. The number of ether oxygens (including phenoxy) is 1. The lowest BCUT2D eigenvalue weighted by atomic mass is 10.1. The zero-order chi connectivity index (χ0) is 17.6. The summed E-state index contributed by atoms with van der Waals surface area (Å²) >= 11 is 0. The van der Waals surface area contributed by atoms with Crippen molar-refractivity contribution in [1.82, 2.24) is 4.31 Å². The van der Waals surface area contributed by atoms with Crippen LogP contribution in [0, 0.1) is 0 Å². The molecule has 6 nitrogen and oxygen atoms in total. The molecule has 1 N–H and O–H groups in total. The van der Waals surface area contributed by atoms with Crippen molar-refractivity contribution >= 4 is 16.0 Å². The van der Waals surface area contributed by atoms with E-state index in [1.807, 2.05) is 6.07 Å². The molecule has 0 aromatic heterocycles. The molecule has 0 atom stereocenters. The van der Waals surface area contributed by atoms with Gasteiger partial charge in [-0.15, -0.1) is 0 Å². The Morgan fingerprint density at radius 3 is 2.50 bits per heavy atom. The van der Waals surface area contributed by atoms with Crippen LogP contribution in [0.15, 0.2) is 59.5 Å². The third kappa shape index (κ3) is 4.81. The maximum atomic E-state index is 12.4. The van der Waals surface area contributed by atoms with Gasteiger partial charge in [-0.25, -0.2) is 17.5 Å². The van der Waals surface area contributed by atoms with E-state index in [1.54, 1.807) is 48.5 Å². The Morgan fingerprint density at radius 1 is 1.12 bits per heavy atom. The van der Waals surface area contributed by atoms with Gasteiger partial charge in [0, 0.05) is 13.6 Å². The Morgan fingerprint density at radius 2 is 1.83 bits per heavy atom. The van der Waals surface area contributed by atoms with Gasteiger partial charge in [0.2, 0.25) is 10.0 Å². The van der Waals surface area contributed by atoms with Gasteiger partial charge in [-0.1, -0.05) is 30.3 Å². The van der Waals surface area contributed by atoms with Crippen molar-refractivity contribution in [3.05, 3.63) is 60.2 Å². The molecule has 0 aliphatic heterocycles. The highest BCUT2D eigenvalue weighted by Gasteiger charge is 2.19. The van der Waals surface area contributed by atoms with Crippen molar-refractivity contribution in [3.63, 3.8) is 0 Å².